The Kier molecular flexibility index (Phi) is 13.9. The van der Waals surface area contributed by atoms with E-state index in [2.05, 4.69) is 19.1 Å². The molecular formula is C39H49O5PS3. The van der Waals surface area contributed by atoms with Crippen LogP contribution in [0.4, 0.5) is 0 Å². The third-order valence-electron chi connectivity index (χ3n) is 10.5. The van der Waals surface area contributed by atoms with Gasteiger partial charge in [0.15, 0.2) is 5.78 Å². The van der Waals surface area contributed by atoms with E-state index in [0.29, 0.717) is 35.8 Å². The standard InChI is InChI=1S/C38H39O5P.CH4.3H2S/c1-38-23-34(37-32-19-15-30(39)22-29(32)14-18-33(37)35(38)20-21-36(38)40)28-12-16-31(17-13-28)44(41,42-24-26-8-4-2-5-9-26)43-25-27-10-6-3-7-11-27;;;;/h2-13,16-17,22,33-35H,14-15,18-21,23-25H2,1H3;1H4;3*1H2/t33-,34+,35-,38-;;;;/m0..../s1. The van der Waals surface area contributed by atoms with Crippen LogP contribution in [0.1, 0.15) is 81.9 Å². The maximum absolute atomic E-state index is 14.4. The van der Waals surface area contributed by atoms with Gasteiger partial charge in [-0.25, -0.2) is 0 Å². The van der Waals surface area contributed by atoms with Crippen molar-refractivity contribution in [2.24, 2.45) is 17.3 Å². The number of fused-ring (bicyclic) bond motifs is 4. The van der Waals surface area contributed by atoms with E-state index < -0.39 is 7.60 Å². The van der Waals surface area contributed by atoms with E-state index >= 15 is 0 Å². The Labute approximate surface area is 306 Å². The van der Waals surface area contributed by atoms with Gasteiger partial charge in [0.25, 0.3) is 0 Å². The zero-order valence-electron chi connectivity index (χ0n) is 26.7. The molecule has 0 unspecified atom stereocenters. The maximum atomic E-state index is 14.4. The Morgan fingerprint density at radius 1 is 0.750 bits per heavy atom. The van der Waals surface area contributed by atoms with Crippen LogP contribution in [0.2, 0.25) is 0 Å². The molecule has 0 bridgehead atoms. The van der Waals surface area contributed by atoms with Crippen LogP contribution in [0.15, 0.2) is 108 Å². The number of carbonyl (C=O) groups excluding carboxylic acids is 2. The molecule has 0 amide bonds. The van der Waals surface area contributed by atoms with Crippen LogP contribution in [-0.2, 0) is 36.4 Å². The van der Waals surface area contributed by atoms with Gasteiger partial charge in [-0.05, 0) is 90.0 Å². The molecule has 258 valence electrons. The first-order valence-electron chi connectivity index (χ1n) is 15.9. The molecule has 2 saturated carbocycles. The molecule has 0 spiro atoms. The second-order valence-electron chi connectivity index (χ2n) is 13.1. The van der Waals surface area contributed by atoms with Gasteiger partial charge < -0.3 is 9.05 Å². The summed E-state index contributed by atoms with van der Waals surface area (Å²) in [7, 11) is -3.68. The second-order valence-corrected chi connectivity index (χ2v) is 15.1. The topological polar surface area (TPSA) is 69.7 Å². The van der Waals surface area contributed by atoms with Crippen LogP contribution in [0.25, 0.3) is 0 Å². The number of allylic oxidation sites excluding steroid dienone is 4. The lowest BCUT2D eigenvalue weighted by Gasteiger charge is -2.50. The summed E-state index contributed by atoms with van der Waals surface area (Å²) in [6, 6.07) is 27.3. The summed E-state index contributed by atoms with van der Waals surface area (Å²) in [5.41, 5.74) is 6.64. The van der Waals surface area contributed by atoms with Crippen molar-refractivity contribution >= 4 is 65.0 Å². The second kappa shape index (κ2) is 16.6. The first-order valence-corrected chi connectivity index (χ1v) is 17.5. The zero-order valence-corrected chi connectivity index (χ0v) is 30.6. The third-order valence-corrected chi connectivity index (χ3v) is 12.4. The van der Waals surface area contributed by atoms with Crippen molar-refractivity contribution in [1.29, 1.82) is 0 Å². The summed E-state index contributed by atoms with van der Waals surface area (Å²) >= 11 is 0. The van der Waals surface area contributed by atoms with Gasteiger partial charge in [0.05, 0.1) is 18.5 Å². The summed E-state index contributed by atoms with van der Waals surface area (Å²) in [6.07, 6.45) is 7.53. The molecule has 48 heavy (non-hydrogen) atoms. The normalized spacial score (nSPS) is 24.4. The van der Waals surface area contributed by atoms with Crippen molar-refractivity contribution in [3.05, 3.63) is 124 Å². The van der Waals surface area contributed by atoms with Crippen LogP contribution < -0.4 is 5.30 Å². The molecule has 2 fully saturated rings. The molecule has 9 heteroatoms. The van der Waals surface area contributed by atoms with Crippen molar-refractivity contribution in [2.75, 3.05) is 0 Å². The quantitative estimate of drug-likeness (QED) is 0.217. The van der Waals surface area contributed by atoms with Crippen molar-refractivity contribution < 1.29 is 23.2 Å². The highest BCUT2D eigenvalue weighted by molar-refractivity contribution is 7.62. The number of hydrogen-bond donors (Lipinski definition) is 0. The smallest absolute Gasteiger partial charge is 0.300 e. The number of Topliss-reactive ketones (excluding diaryl/α,β-unsaturated/α-hetero) is 1. The minimum atomic E-state index is -3.68. The minimum absolute atomic E-state index is 0. The fourth-order valence-corrected chi connectivity index (χ4v) is 9.80. The van der Waals surface area contributed by atoms with Gasteiger partial charge in [-0.15, -0.1) is 0 Å². The zero-order chi connectivity index (χ0) is 30.3. The van der Waals surface area contributed by atoms with E-state index in [1.54, 1.807) is 0 Å². The van der Waals surface area contributed by atoms with Gasteiger partial charge in [-0.1, -0.05) is 92.7 Å². The summed E-state index contributed by atoms with van der Waals surface area (Å²) in [6.45, 7) is 2.53. The van der Waals surface area contributed by atoms with E-state index in [1.807, 2.05) is 78.9 Å². The molecule has 4 aliphatic carbocycles. The summed E-state index contributed by atoms with van der Waals surface area (Å²) in [5.74, 6) is 1.42. The molecule has 0 N–H and O–H groups in total. The lowest BCUT2D eigenvalue weighted by atomic mass is 9.53. The van der Waals surface area contributed by atoms with Gasteiger partial charge in [0, 0.05) is 24.2 Å². The average Bonchev–Trinajstić information content (AvgIpc) is 3.36. The van der Waals surface area contributed by atoms with Crippen LogP contribution in [0.3, 0.4) is 0 Å². The molecule has 4 atom stereocenters. The minimum Gasteiger partial charge on any atom is -0.300 e. The molecule has 3 aromatic rings. The van der Waals surface area contributed by atoms with Gasteiger partial charge >= 0.3 is 7.60 Å². The molecule has 7 rings (SSSR count). The largest absolute Gasteiger partial charge is 0.361 e. The van der Waals surface area contributed by atoms with E-state index in [9.17, 15) is 14.2 Å². The predicted octanol–water partition coefficient (Wildman–Crippen LogP) is 9.38. The van der Waals surface area contributed by atoms with Crippen LogP contribution >= 0.6 is 48.1 Å². The maximum Gasteiger partial charge on any atom is 0.361 e. The highest BCUT2D eigenvalue weighted by Gasteiger charge is 2.56. The Hall–Kier alpha value is -2.32. The molecule has 0 heterocycles. The summed E-state index contributed by atoms with van der Waals surface area (Å²) in [4.78, 5) is 25.7. The lowest BCUT2D eigenvalue weighted by molar-refractivity contribution is -0.128. The fourth-order valence-electron chi connectivity index (χ4n) is 8.27. The van der Waals surface area contributed by atoms with Gasteiger partial charge in [0.1, 0.15) is 5.78 Å². The van der Waals surface area contributed by atoms with E-state index in [4.69, 9.17) is 9.05 Å². The number of carbonyl (C=O) groups is 2. The van der Waals surface area contributed by atoms with Crippen LogP contribution in [-0.4, -0.2) is 11.6 Å². The first-order chi connectivity index (χ1) is 21.3. The third kappa shape index (κ3) is 7.70. The highest BCUT2D eigenvalue weighted by atomic mass is 32.1. The molecule has 3 aromatic carbocycles. The number of rotatable bonds is 8. The summed E-state index contributed by atoms with van der Waals surface area (Å²) in [5, 5.41) is 0.520. The van der Waals surface area contributed by atoms with Crippen LogP contribution in [0, 0.1) is 17.3 Å². The fraction of sp³-hybridized carbons (Fsp3) is 0.385. The Balaban J connectivity index is 0.00000156. The number of hydrogen-bond acceptors (Lipinski definition) is 5. The van der Waals surface area contributed by atoms with E-state index in [-0.39, 0.29) is 78.2 Å². The van der Waals surface area contributed by atoms with Gasteiger partial charge in [-0.2, -0.15) is 40.5 Å². The number of ketones is 2. The van der Waals surface area contributed by atoms with Crippen molar-refractivity contribution in [3.8, 4) is 0 Å². The van der Waals surface area contributed by atoms with Gasteiger partial charge in [0.2, 0.25) is 0 Å². The van der Waals surface area contributed by atoms with Gasteiger partial charge in [-0.3, -0.25) is 14.2 Å². The Morgan fingerprint density at radius 3 is 1.92 bits per heavy atom. The highest BCUT2D eigenvalue weighted by Crippen LogP contribution is 2.62. The molecular weight excluding hydrogens is 676 g/mol. The molecule has 0 aromatic heterocycles. The molecule has 0 radical (unpaired) electrons. The average molecular weight is 725 g/mol. The Morgan fingerprint density at radius 2 is 1.33 bits per heavy atom. The number of benzene rings is 3. The van der Waals surface area contributed by atoms with Crippen molar-refractivity contribution in [1.82, 2.24) is 0 Å². The molecule has 4 aliphatic rings. The monoisotopic (exact) mass is 724 g/mol. The molecule has 5 nitrogen and oxygen atoms in total. The first kappa shape index (κ1) is 40.1. The van der Waals surface area contributed by atoms with Crippen molar-refractivity contribution in [2.45, 2.75) is 78.4 Å². The van der Waals surface area contributed by atoms with Crippen molar-refractivity contribution in [3.63, 3.8) is 0 Å². The Bertz CT molecular complexity index is 1640. The SMILES string of the molecule is C.C[C@]12C[C@H](c3ccc(P(=O)(OCc4ccccc4)OCc4ccccc4)cc3)C3=C4CCC(=O)C=C4CC[C@H]3[C@@H]1CCC2=O.S.S.S. The molecule has 0 saturated heterocycles. The van der Waals surface area contributed by atoms with E-state index in [0.717, 1.165) is 48.8 Å². The molecule has 0 aliphatic heterocycles. The van der Waals surface area contributed by atoms with Crippen LogP contribution in [0.5, 0.6) is 0 Å². The lowest BCUT2D eigenvalue weighted by Crippen LogP contribution is -2.43. The predicted molar refractivity (Wildman–Crippen MR) is 209 cm³/mol. The summed E-state index contributed by atoms with van der Waals surface area (Å²) < 4.78 is 26.6. The van der Waals surface area contributed by atoms with E-state index in [1.165, 1.54) is 16.7 Å².